The van der Waals surface area contributed by atoms with Crippen LogP contribution < -0.4 is 15.8 Å². The van der Waals surface area contributed by atoms with Gasteiger partial charge in [-0.15, -0.1) is 11.8 Å². The standard InChI is InChI=1S/C17H22N2O3S/c1-12(11-23-16-6-4-3-5-15(16)21-2)9-19-17(20)13-7-14(8-18)22-10-13/h3-7,10,12H,8-9,11,18H2,1-2H3,(H,19,20). The molecule has 1 amide bonds. The average molecular weight is 334 g/mol. The second-order valence-electron chi connectivity index (χ2n) is 5.28. The smallest absolute Gasteiger partial charge is 0.254 e. The number of hydrogen-bond donors (Lipinski definition) is 2. The van der Waals surface area contributed by atoms with Crippen LogP contribution in [0.15, 0.2) is 45.9 Å². The minimum Gasteiger partial charge on any atom is -0.496 e. The minimum atomic E-state index is -0.136. The Bertz CT molecular complexity index is 642. The van der Waals surface area contributed by atoms with Crippen molar-refractivity contribution in [3.63, 3.8) is 0 Å². The molecular formula is C17H22N2O3S. The second-order valence-corrected chi connectivity index (χ2v) is 6.34. The molecule has 2 aromatic rings. The van der Waals surface area contributed by atoms with Gasteiger partial charge in [-0.1, -0.05) is 19.1 Å². The van der Waals surface area contributed by atoms with Gasteiger partial charge in [0.1, 0.15) is 17.8 Å². The molecule has 1 atom stereocenters. The number of nitrogens with one attached hydrogen (secondary N) is 1. The van der Waals surface area contributed by atoms with E-state index >= 15 is 0 Å². The molecule has 0 aliphatic carbocycles. The summed E-state index contributed by atoms with van der Waals surface area (Å²) in [4.78, 5) is 13.1. The molecule has 1 aromatic carbocycles. The highest BCUT2D eigenvalue weighted by Crippen LogP contribution is 2.29. The van der Waals surface area contributed by atoms with E-state index in [2.05, 4.69) is 12.2 Å². The molecule has 6 heteroatoms. The maximum Gasteiger partial charge on any atom is 0.254 e. The molecule has 0 spiro atoms. The Hall–Kier alpha value is -1.92. The van der Waals surface area contributed by atoms with Crippen LogP contribution in [0.1, 0.15) is 23.0 Å². The van der Waals surface area contributed by atoms with Crippen molar-refractivity contribution >= 4 is 17.7 Å². The lowest BCUT2D eigenvalue weighted by atomic mass is 10.2. The molecule has 5 nitrogen and oxygen atoms in total. The Balaban J connectivity index is 1.78. The molecule has 0 radical (unpaired) electrons. The number of methoxy groups -OCH3 is 1. The molecule has 1 unspecified atom stereocenters. The number of carbonyl (C=O) groups is 1. The summed E-state index contributed by atoms with van der Waals surface area (Å²) in [5, 5.41) is 2.92. The lowest BCUT2D eigenvalue weighted by Crippen LogP contribution is -2.28. The van der Waals surface area contributed by atoms with E-state index in [1.54, 1.807) is 24.9 Å². The molecule has 2 rings (SSSR count). The maximum absolute atomic E-state index is 12.0. The lowest BCUT2D eigenvalue weighted by Gasteiger charge is -2.13. The molecule has 0 aliphatic rings. The van der Waals surface area contributed by atoms with Gasteiger partial charge < -0.3 is 20.2 Å². The van der Waals surface area contributed by atoms with Gasteiger partial charge in [0.25, 0.3) is 5.91 Å². The Morgan fingerprint density at radius 1 is 1.43 bits per heavy atom. The Kier molecular flexibility index (Phi) is 6.55. The first-order chi connectivity index (χ1) is 11.1. The molecule has 124 valence electrons. The lowest BCUT2D eigenvalue weighted by molar-refractivity contribution is 0.0948. The first-order valence-electron chi connectivity index (χ1n) is 7.45. The van der Waals surface area contributed by atoms with Gasteiger partial charge in [0.15, 0.2) is 0 Å². The molecular weight excluding hydrogens is 312 g/mol. The summed E-state index contributed by atoms with van der Waals surface area (Å²) < 4.78 is 10.5. The van der Waals surface area contributed by atoms with E-state index in [0.717, 1.165) is 16.4 Å². The van der Waals surface area contributed by atoms with Crippen molar-refractivity contribution in [2.45, 2.75) is 18.4 Å². The summed E-state index contributed by atoms with van der Waals surface area (Å²) in [5.41, 5.74) is 5.97. The topological polar surface area (TPSA) is 77.5 Å². The zero-order valence-electron chi connectivity index (χ0n) is 13.4. The third-order valence-corrected chi connectivity index (χ3v) is 4.70. The zero-order chi connectivity index (χ0) is 16.7. The molecule has 1 aromatic heterocycles. The van der Waals surface area contributed by atoms with Crippen molar-refractivity contribution in [1.29, 1.82) is 0 Å². The summed E-state index contributed by atoms with van der Waals surface area (Å²) in [6.45, 7) is 2.99. The van der Waals surface area contributed by atoms with Crippen molar-refractivity contribution in [2.75, 3.05) is 19.4 Å². The number of thioether (sulfide) groups is 1. The number of ether oxygens (including phenoxy) is 1. The van der Waals surface area contributed by atoms with Crippen molar-refractivity contribution in [3.05, 3.63) is 47.9 Å². The molecule has 0 saturated heterocycles. The van der Waals surface area contributed by atoms with Crippen LogP contribution in [0.2, 0.25) is 0 Å². The van der Waals surface area contributed by atoms with Gasteiger partial charge in [-0.2, -0.15) is 0 Å². The normalized spacial score (nSPS) is 12.0. The number of nitrogens with two attached hydrogens (primary N) is 1. The largest absolute Gasteiger partial charge is 0.496 e. The summed E-state index contributed by atoms with van der Waals surface area (Å²) in [6, 6.07) is 9.60. The van der Waals surface area contributed by atoms with Gasteiger partial charge in [0.05, 0.1) is 19.2 Å². The van der Waals surface area contributed by atoms with Crippen molar-refractivity contribution < 1.29 is 13.9 Å². The third-order valence-electron chi connectivity index (χ3n) is 3.32. The van der Waals surface area contributed by atoms with Crippen LogP contribution in [0.4, 0.5) is 0 Å². The quantitative estimate of drug-likeness (QED) is 0.726. The number of amides is 1. The average Bonchev–Trinajstić information content (AvgIpc) is 3.07. The first kappa shape index (κ1) is 17.4. The van der Waals surface area contributed by atoms with Crippen molar-refractivity contribution in [3.8, 4) is 5.75 Å². The molecule has 1 heterocycles. The molecule has 0 bridgehead atoms. The van der Waals surface area contributed by atoms with Gasteiger partial charge in [-0.05, 0) is 24.1 Å². The minimum absolute atomic E-state index is 0.136. The molecule has 23 heavy (non-hydrogen) atoms. The van der Waals surface area contributed by atoms with Crippen LogP contribution in [0.25, 0.3) is 0 Å². The van der Waals surface area contributed by atoms with E-state index < -0.39 is 0 Å². The molecule has 0 saturated carbocycles. The fourth-order valence-electron chi connectivity index (χ4n) is 2.00. The van der Waals surface area contributed by atoms with E-state index in [4.69, 9.17) is 14.9 Å². The summed E-state index contributed by atoms with van der Waals surface area (Å²) in [6.07, 6.45) is 1.44. The number of carbonyl (C=O) groups excluding carboxylic acids is 1. The van der Waals surface area contributed by atoms with Crippen LogP contribution in [-0.2, 0) is 6.54 Å². The summed E-state index contributed by atoms with van der Waals surface area (Å²) in [5.74, 6) is 2.56. The second kappa shape index (κ2) is 8.64. The van der Waals surface area contributed by atoms with Crippen LogP contribution in [0.5, 0.6) is 5.75 Å². The van der Waals surface area contributed by atoms with Crippen LogP contribution >= 0.6 is 11.8 Å². The van der Waals surface area contributed by atoms with Crippen LogP contribution in [0, 0.1) is 5.92 Å². The fraction of sp³-hybridized carbons (Fsp3) is 0.353. The van der Waals surface area contributed by atoms with Crippen LogP contribution in [0.3, 0.4) is 0 Å². The molecule has 0 fully saturated rings. The first-order valence-corrected chi connectivity index (χ1v) is 8.44. The van der Waals surface area contributed by atoms with E-state index in [1.165, 1.54) is 6.26 Å². The predicted molar refractivity (Wildman–Crippen MR) is 91.8 cm³/mol. The van der Waals surface area contributed by atoms with E-state index in [-0.39, 0.29) is 5.91 Å². The number of benzene rings is 1. The van der Waals surface area contributed by atoms with Crippen molar-refractivity contribution in [2.24, 2.45) is 11.7 Å². The predicted octanol–water partition coefficient (Wildman–Crippen LogP) is 2.91. The van der Waals surface area contributed by atoms with Gasteiger partial charge in [0, 0.05) is 17.2 Å². The summed E-state index contributed by atoms with van der Waals surface area (Å²) in [7, 11) is 1.67. The van der Waals surface area contributed by atoms with E-state index in [9.17, 15) is 4.79 Å². The SMILES string of the molecule is COc1ccccc1SCC(C)CNC(=O)c1coc(CN)c1. The highest BCUT2D eigenvalue weighted by atomic mass is 32.2. The Labute approximate surface area is 140 Å². The number of hydrogen-bond acceptors (Lipinski definition) is 5. The Morgan fingerprint density at radius 2 is 2.22 bits per heavy atom. The highest BCUT2D eigenvalue weighted by molar-refractivity contribution is 7.99. The highest BCUT2D eigenvalue weighted by Gasteiger charge is 2.12. The van der Waals surface area contributed by atoms with Gasteiger partial charge in [-0.3, -0.25) is 4.79 Å². The maximum atomic E-state index is 12.0. The third kappa shape index (κ3) is 5.04. The summed E-state index contributed by atoms with van der Waals surface area (Å²) >= 11 is 1.72. The van der Waals surface area contributed by atoms with Crippen LogP contribution in [-0.4, -0.2) is 25.3 Å². The van der Waals surface area contributed by atoms with Gasteiger partial charge in [0.2, 0.25) is 0 Å². The monoisotopic (exact) mass is 334 g/mol. The number of rotatable bonds is 8. The molecule has 3 N–H and O–H groups in total. The fourth-order valence-corrected chi connectivity index (χ4v) is 3.06. The van der Waals surface area contributed by atoms with E-state index in [1.807, 2.05) is 24.3 Å². The Morgan fingerprint density at radius 3 is 2.91 bits per heavy atom. The number of furan rings is 1. The number of para-hydroxylation sites is 1. The van der Waals surface area contributed by atoms with E-state index in [0.29, 0.717) is 30.3 Å². The van der Waals surface area contributed by atoms with Crippen molar-refractivity contribution in [1.82, 2.24) is 5.32 Å². The van der Waals surface area contributed by atoms with Gasteiger partial charge >= 0.3 is 0 Å². The zero-order valence-corrected chi connectivity index (χ0v) is 14.2. The van der Waals surface area contributed by atoms with Gasteiger partial charge in [-0.25, -0.2) is 0 Å². The molecule has 0 aliphatic heterocycles.